The highest BCUT2D eigenvalue weighted by molar-refractivity contribution is 7.82. The number of pyridine rings is 1. The van der Waals surface area contributed by atoms with Crippen LogP contribution < -0.4 is 19.5 Å². The number of carbonyl (C=O) groups excluding carboxylic acids is 1. The summed E-state index contributed by atoms with van der Waals surface area (Å²) in [6.07, 6.45) is 6.29. The molecule has 24 heavy (non-hydrogen) atoms. The lowest BCUT2D eigenvalue weighted by molar-refractivity contribution is 0.257. The Morgan fingerprint density at radius 1 is 1.08 bits per heavy atom. The second kappa shape index (κ2) is 9.67. The Morgan fingerprint density at radius 2 is 1.79 bits per heavy atom. The van der Waals surface area contributed by atoms with Gasteiger partial charge in [-0.25, -0.2) is 9.10 Å². The molecule has 7 heteroatoms. The largest absolute Gasteiger partial charge is 0.494 e. The molecule has 0 saturated carbocycles. The minimum Gasteiger partial charge on any atom is -0.494 e. The molecule has 0 bridgehead atoms. The second-order valence-electron chi connectivity index (χ2n) is 5.09. The summed E-state index contributed by atoms with van der Waals surface area (Å²) in [4.78, 5) is 15.1. The first-order chi connectivity index (χ1) is 11.7. The van der Waals surface area contributed by atoms with Crippen LogP contribution in [0.1, 0.15) is 19.3 Å². The number of urea groups is 1. The standard InChI is InChI=1S/C17H21N3O3S/c18-17(21)20(24)14-6-4-7-15(12-14)22-10-2-1-3-11-23-16-8-5-9-19-13-16/h4-9,12-13,24H,1-3,10-11H2,(H2,18,21). The molecule has 1 aromatic carbocycles. The first kappa shape index (κ1) is 17.9. The van der Waals surface area contributed by atoms with E-state index in [-0.39, 0.29) is 0 Å². The van der Waals surface area contributed by atoms with Crippen molar-refractivity contribution in [3.63, 3.8) is 0 Å². The quantitative estimate of drug-likeness (QED) is 0.538. The zero-order valence-corrected chi connectivity index (χ0v) is 14.2. The Kier molecular flexibility index (Phi) is 7.22. The molecular formula is C17H21N3O3S. The van der Waals surface area contributed by atoms with Crippen LogP contribution in [-0.2, 0) is 0 Å². The van der Waals surface area contributed by atoms with Gasteiger partial charge in [-0.05, 0) is 43.5 Å². The van der Waals surface area contributed by atoms with Gasteiger partial charge in [-0.1, -0.05) is 18.9 Å². The van der Waals surface area contributed by atoms with Crippen LogP contribution in [0, 0.1) is 0 Å². The van der Waals surface area contributed by atoms with E-state index in [1.165, 1.54) is 0 Å². The number of amides is 2. The van der Waals surface area contributed by atoms with Crippen molar-refractivity contribution in [2.75, 3.05) is 17.5 Å². The summed E-state index contributed by atoms with van der Waals surface area (Å²) in [6, 6.07) is 10.2. The molecular weight excluding hydrogens is 326 g/mol. The number of unbranched alkanes of at least 4 members (excludes halogenated alkanes) is 2. The molecule has 0 aliphatic carbocycles. The van der Waals surface area contributed by atoms with Crippen molar-refractivity contribution in [3.05, 3.63) is 48.8 Å². The van der Waals surface area contributed by atoms with Gasteiger partial charge in [-0.15, -0.1) is 0 Å². The Labute approximate surface area is 147 Å². The number of nitrogens with zero attached hydrogens (tertiary/aromatic N) is 2. The Hall–Kier alpha value is -2.41. The number of aromatic nitrogens is 1. The number of hydrogen-bond acceptors (Lipinski definition) is 5. The van der Waals surface area contributed by atoms with E-state index in [0.29, 0.717) is 24.7 Å². The second-order valence-corrected chi connectivity index (χ2v) is 5.49. The summed E-state index contributed by atoms with van der Waals surface area (Å²) in [7, 11) is 0. The average Bonchev–Trinajstić information content (AvgIpc) is 2.61. The summed E-state index contributed by atoms with van der Waals surface area (Å²) < 4.78 is 12.3. The van der Waals surface area contributed by atoms with Crippen molar-refractivity contribution >= 4 is 24.5 Å². The van der Waals surface area contributed by atoms with Crippen LogP contribution in [0.3, 0.4) is 0 Å². The number of thiol groups is 1. The third-order valence-corrected chi connectivity index (χ3v) is 3.66. The van der Waals surface area contributed by atoms with Crippen LogP contribution in [-0.4, -0.2) is 24.2 Å². The molecule has 128 valence electrons. The van der Waals surface area contributed by atoms with Gasteiger partial charge in [0.25, 0.3) is 0 Å². The van der Waals surface area contributed by atoms with E-state index in [1.54, 1.807) is 30.6 Å². The number of ether oxygens (including phenoxy) is 2. The van der Waals surface area contributed by atoms with E-state index >= 15 is 0 Å². The van der Waals surface area contributed by atoms with E-state index in [1.807, 2.05) is 18.2 Å². The van der Waals surface area contributed by atoms with Crippen LogP contribution in [0.5, 0.6) is 11.5 Å². The third kappa shape index (κ3) is 6.00. The van der Waals surface area contributed by atoms with Crippen molar-refractivity contribution in [2.45, 2.75) is 19.3 Å². The molecule has 2 amide bonds. The van der Waals surface area contributed by atoms with Crippen LogP contribution in [0.25, 0.3) is 0 Å². The smallest absolute Gasteiger partial charge is 0.329 e. The van der Waals surface area contributed by atoms with Crippen molar-refractivity contribution in [1.82, 2.24) is 4.98 Å². The number of carbonyl (C=O) groups is 1. The van der Waals surface area contributed by atoms with Gasteiger partial charge in [0.2, 0.25) is 0 Å². The lowest BCUT2D eigenvalue weighted by Gasteiger charge is -2.14. The highest BCUT2D eigenvalue weighted by Gasteiger charge is 2.08. The van der Waals surface area contributed by atoms with Gasteiger partial charge in [0.05, 0.1) is 25.1 Å². The van der Waals surface area contributed by atoms with E-state index < -0.39 is 6.03 Å². The van der Waals surface area contributed by atoms with E-state index in [0.717, 1.165) is 29.3 Å². The fourth-order valence-corrected chi connectivity index (χ4v) is 2.15. The van der Waals surface area contributed by atoms with Crippen LogP contribution in [0.4, 0.5) is 10.5 Å². The monoisotopic (exact) mass is 347 g/mol. The Morgan fingerprint density at radius 3 is 2.46 bits per heavy atom. The highest BCUT2D eigenvalue weighted by Crippen LogP contribution is 2.22. The number of hydrogen-bond donors (Lipinski definition) is 2. The van der Waals surface area contributed by atoms with Crippen molar-refractivity contribution < 1.29 is 14.3 Å². The summed E-state index contributed by atoms with van der Waals surface area (Å²) in [5.74, 6) is 1.47. The highest BCUT2D eigenvalue weighted by atomic mass is 32.1. The molecule has 0 aliphatic rings. The minimum absolute atomic E-state index is 0.577. The maximum atomic E-state index is 11.1. The molecule has 1 heterocycles. The van der Waals surface area contributed by atoms with E-state index in [2.05, 4.69) is 17.8 Å². The van der Waals surface area contributed by atoms with Gasteiger partial charge < -0.3 is 15.2 Å². The molecule has 0 saturated heterocycles. The lowest BCUT2D eigenvalue weighted by atomic mass is 10.2. The summed E-state index contributed by atoms with van der Waals surface area (Å²) >= 11 is 4.02. The maximum absolute atomic E-state index is 11.1. The number of nitrogens with two attached hydrogens (primary N) is 1. The van der Waals surface area contributed by atoms with Crippen molar-refractivity contribution in [2.24, 2.45) is 5.73 Å². The molecule has 2 rings (SSSR count). The lowest BCUT2D eigenvalue weighted by Crippen LogP contribution is -2.27. The molecule has 0 radical (unpaired) electrons. The van der Waals surface area contributed by atoms with Crippen LogP contribution in [0.15, 0.2) is 48.8 Å². The summed E-state index contributed by atoms with van der Waals surface area (Å²) in [5, 5.41) is 0. The van der Waals surface area contributed by atoms with Gasteiger partial charge in [0.1, 0.15) is 11.5 Å². The zero-order valence-electron chi connectivity index (χ0n) is 13.3. The SMILES string of the molecule is NC(=O)N(S)c1cccc(OCCCCCOc2cccnc2)c1. The number of rotatable bonds is 9. The molecule has 2 aromatic rings. The van der Waals surface area contributed by atoms with E-state index in [9.17, 15) is 4.79 Å². The fraction of sp³-hybridized carbons (Fsp3) is 0.294. The molecule has 0 fully saturated rings. The predicted molar refractivity (Wildman–Crippen MR) is 96.6 cm³/mol. The van der Waals surface area contributed by atoms with Gasteiger partial charge in [0.15, 0.2) is 0 Å². The molecule has 0 spiro atoms. The molecule has 2 N–H and O–H groups in total. The molecule has 1 aromatic heterocycles. The minimum atomic E-state index is -0.635. The zero-order chi connectivity index (χ0) is 17.2. The van der Waals surface area contributed by atoms with Crippen LogP contribution in [0.2, 0.25) is 0 Å². The predicted octanol–water partition coefficient (Wildman–Crippen LogP) is 3.44. The van der Waals surface area contributed by atoms with Gasteiger partial charge >= 0.3 is 6.03 Å². The van der Waals surface area contributed by atoms with Crippen LogP contribution >= 0.6 is 12.8 Å². The fourth-order valence-electron chi connectivity index (χ4n) is 2.03. The topological polar surface area (TPSA) is 77.7 Å². The maximum Gasteiger partial charge on any atom is 0.329 e. The average molecular weight is 347 g/mol. The third-order valence-electron chi connectivity index (χ3n) is 3.23. The number of primary amides is 1. The summed E-state index contributed by atoms with van der Waals surface area (Å²) in [5.41, 5.74) is 5.76. The van der Waals surface area contributed by atoms with Gasteiger partial charge in [-0.3, -0.25) is 4.98 Å². The van der Waals surface area contributed by atoms with Gasteiger partial charge in [0, 0.05) is 12.3 Å². The normalized spacial score (nSPS) is 10.2. The van der Waals surface area contributed by atoms with Crippen molar-refractivity contribution in [3.8, 4) is 11.5 Å². The first-order valence-electron chi connectivity index (χ1n) is 7.71. The summed E-state index contributed by atoms with van der Waals surface area (Å²) in [6.45, 7) is 1.26. The molecule has 0 atom stereocenters. The first-order valence-corrected chi connectivity index (χ1v) is 8.11. The van der Waals surface area contributed by atoms with Gasteiger partial charge in [-0.2, -0.15) is 0 Å². The van der Waals surface area contributed by atoms with E-state index in [4.69, 9.17) is 15.2 Å². The molecule has 0 unspecified atom stereocenters. The van der Waals surface area contributed by atoms with Crippen molar-refractivity contribution in [1.29, 1.82) is 0 Å². The Balaban J connectivity index is 1.62. The Bertz CT molecular complexity index is 640. The molecule has 6 nitrogen and oxygen atoms in total. The number of benzene rings is 1. The number of anilines is 1. The molecule has 0 aliphatic heterocycles.